The molecule has 5 heteroatoms. The number of aliphatic carboxylic acids is 1. The van der Waals surface area contributed by atoms with Gasteiger partial charge in [0.1, 0.15) is 5.75 Å². The van der Waals surface area contributed by atoms with Gasteiger partial charge < -0.3 is 9.84 Å². The Morgan fingerprint density at radius 1 is 1.21 bits per heavy atom. The Balaban J connectivity index is 2.46. The number of nitrogens with zero attached hydrogens (tertiary/aromatic N) is 1. The Kier molecular flexibility index (Phi) is 5.69. The van der Waals surface area contributed by atoms with Crippen molar-refractivity contribution < 1.29 is 19.4 Å². The van der Waals surface area contributed by atoms with Crippen molar-refractivity contribution in [3.63, 3.8) is 0 Å². The zero-order chi connectivity index (χ0) is 17.5. The van der Waals surface area contributed by atoms with Crippen LogP contribution in [0.5, 0.6) is 5.75 Å². The molecule has 0 aromatic heterocycles. The summed E-state index contributed by atoms with van der Waals surface area (Å²) in [4.78, 5) is 23.6. The number of benzene rings is 2. The zero-order valence-corrected chi connectivity index (χ0v) is 13.2. The van der Waals surface area contributed by atoms with E-state index in [4.69, 9.17) is 9.84 Å². The van der Waals surface area contributed by atoms with E-state index in [2.05, 4.69) is 6.07 Å². The number of ether oxygens (including phenoxy) is 1. The number of carboxylic acid groups (broad SMARTS) is 1. The highest BCUT2D eigenvalue weighted by atomic mass is 16.5. The Morgan fingerprint density at radius 3 is 2.50 bits per heavy atom. The second-order valence-corrected chi connectivity index (χ2v) is 5.26. The van der Waals surface area contributed by atoms with Crippen LogP contribution >= 0.6 is 0 Å². The standard InChI is InChI=1S/C19H17NO4/c1-24-15-8-9-16(19(23)13-5-3-2-4-6-13)17(11-15)14(12-20)7-10-18(21)22/h2-6,8-9,11,14H,7,10H2,1H3,(H,21,22). The van der Waals surface area contributed by atoms with Crippen LogP contribution in [0.15, 0.2) is 48.5 Å². The molecule has 2 aromatic rings. The second kappa shape index (κ2) is 7.93. The summed E-state index contributed by atoms with van der Waals surface area (Å²) in [5.41, 5.74) is 1.39. The fourth-order valence-corrected chi connectivity index (χ4v) is 2.47. The number of ketones is 1. The first-order chi connectivity index (χ1) is 11.6. The molecule has 122 valence electrons. The van der Waals surface area contributed by atoms with Gasteiger partial charge in [0.2, 0.25) is 0 Å². The van der Waals surface area contributed by atoms with Crippen LogP contribution in [0, 0.1) is 11.3 Å². The molecular weight excluding hydrogens is 306 g/mol. The molecule has 1 atom stereocenters. The molecule has 5 nitrogen and oxygen atoms in total. The number of carboxylic acids is 1. The molecule has 2 rings (SSSR count). The van der Waals surface area contributed by atoms with Crippen molar-refractivity contribution in [3.8, 4) is 11.8 Å². The van der Waals surface area contributed by atoms with Crippen LogP contribution in [0.25, 0.3) is 0 Å². The summed E-state index contributed by atoms with van der Waals surface area (Å²) in [6.07, 6.45) is -0.0114. The molecule has 0 bridgehead atoms. The first-order valence-electron chi connectivity index (χ1n) is 7.46. The van der Waals surface area contributed by atoms with Gasteiger partial charge in [-0.05, 0) is 30.2 Å². The molecule has 0 spiro atoms. The van der Waals surface area contributed by atoms with Crippen LogP contribution < -0.4 is 4.74 Å². The van der Waals surface area contributed by atoms with E-state index in [0.29, 0.717) is 22.4 Å². The van der Waals surface area contributed by atoms with Gasteiger partial charge in [-0.25, -0.2) is 0 Å². The molecule has 0 saturated carbocycles. The van der Waals surface area contributed by atoms with E-state index in [-0.39, 0.29) is 18.6 Å². The zero-order valence-electron chi connectivity index (χ0n) is 13.2. The van der Waals surface area contributed by atoms with Crippen molar-refractivity contribution >= 4 is 11.8 Å². The quantitative estimate of drug-likeness (QED) is 0.789. The predicted molar refractivity (Wildman–Crippen MR) is 88.1 cm³/mol. The fraction of sp³-hybridized carbons (Fsp3) is 0.211. The lowest BCUT2D eigenvalue weighted by atomic mass is 9.88. The Labute approximate surface area is 140 Å². The average Bonchev–Trinajstić information content (AvgIpc) is 2.62. The van der Waals surface area contributed by atoms with Crippen molar-refractivity contribution in [1.29, 1.82) is 5.26 Å². The number of hydrogen-bond acceptors (Lipinski definition) is 4. The Bertz CT molecular complexity index is 778. The number of carbonyl (C=O) groups excluding carboxylic acids is 1. The van der Waals surface area contributed by atoms with Crippen molar-refractivity contribution in [1.82, 2.24) is 0 Å². The van der Waals surface area contributed by atoms with Gasteiger partial charge in [-0.2, -0.15) is 5.26 Å². The molecule has 0 radical (unpaired) electrons. The highest BCUT2D eigenvalue weighted by Gasteiger charge is 2.21. The first kappa shape index (κ1) is 17.2. The minimum atomic E-state index is -0.978. The number of nitriles is 1. The normalized spacial score (nSPS) is 11.3. The minimum Gasteiger partial charge on any atom is -0.497 e. The molecule has 0 heterocycles. The molecule has 0 aliphatic rings. The maximum atomic E-state index is 12.8. The van der Waals surface area contributed by atoms with Crippen molar-refractivity contribution in [2.24, 2.45) is 0 Å². The smallest absolute Gasteiger partial charge is 0.303 e. The third-order valence-electron chi connectivity index (χ3n) is 3.72. The lowest BCUT2D eigenvalue weighted by Crippen LogP contribution is -2.10. The summed E-state index contributed by atoms with van der Waals surface area (Å²) in [7, 11) is 1.50. The predicted octanol–water partition coefficient (Wildman–Crippen LogP) is 3.40. The van der Waals surface area contributed by atoms with Crippen molar-refractivity contribution in [2.45, 2.75) is 18.8 Å². The molecule has 0 amide bonds. The van der Waals surface area contributed by atoms with Crippen molar-refractivity contribution in [2.75, 3.05) is 7.11 Å². The molecular formula is C19H17NO4. The van der Waals surface area contributed by atoms with E-state index >= 15 is 0 Å². The van der Waals surface area contributed by atoms with E-state index in [1.807, 2.05) is 6.07 Å². The molecule has 1 N–H and O–H groups in total. The molecule has 0 fully saturated rings. The fourth-order valence-electron chi connectivity index (χ4n) is 2.47. The molecule has 2 aromatic carbocycles. The first-order valence-corrected chi connectivity index (χ1v) is 7.46. The Hall–Kier alpha value is -3.13. The van der Waals surface area contributed by atoms with Gasteiger partial charge in [-0.3, -0.25) is 9.59 Å². The Morgan fingerprint density at radius 2 is 1.92 bits per heavy atom. The summed E-state index contributed by atoms with van der Waals surface area (Å²) < 4.78 is 5.18. The van der Waals surface area contributed by atoms with Crippen LogP contribution in [0.1, 0.15) is 40.2 Å². The lowest BCUT2D eigenvalue weighted by molar-refractivity contribution is -0.137. The molecule has 1 unspecified atom stereocenters. The lowest BCUT2D eigenvalue weighted by Gasteiger charge is -2.15. The third-order valence-corrected chi connectivity index (χ3v) is 3.72. The van der Waals surface area contributed by atoms with E-state index in [9.17, 15) is 14.9 Å². The van der Waals surface area contributed by atoms with Gasteiger partial charge in [0.05, 0.1) is 19.1 Å². The summed E-state index contributed by atoms with van der Waals surface area (Å²) in [6, 6.07) is 15.8. The SMILES string of the molecule is COc1ccc(C(=O)c2ccccc2)c(C(C#N)CCC(=O)O)c1. The molecule has 0 saturated heterocycles. The summed E-state index contributed by atoms with van der Waals surface area (Å²) in [6.45, 7) is 0. The maximum absolute atomic E-state index is 12.8. The maximum Gasteiger partial charge on any atom is 0.303 e. The van der Waals surface area contributed by atoms with Crippen LogP contribution in [0.2, 0.25) is 0 Å². The van der Waals surface area contributed by atoms with Gasteiger partial charge >= 0.3 is 5.97 Å². The highest BCUT2D eigenvalue weighted by Crippen LogP contribution is 2.29. The summed E-state index contributed by atoms with van der Waals surface area (Å²) in [5.74, 6) is -1.36. The molecule has 0 aliphatic carbocycles. The number of hydrogen-bond donors (Lipinski definition) is 1. The number of rotatable bonds is 7. The van der Waals surface area contributed by atoms with Gasteiger partial charge in [-0.1, -0.05) is 30.3 Å². The van der Waals surface area contributed by atoms with Gasteiger partial charge in [-0.15, -0.1) is 0 Å². The number of carbonyl (C=O) groups is 2. The van der Waals surface area contributed by atoms with E-state index in [0.717, 1.165) is 0 Å². The van der Waals surface area contributed by atoms with E-state index in [1.165, 1.54) is 7.11 Å². The largest absolute Gasteiger partial charge is 0.497 e. The summed E-state index contributed by atoms with van der Waals surface area (Å²) >= 11 is 0. The van der Waals surface area contributed by atoms with Gasteiger partial charge in [0.15, 0.2) is 5.78 Å². The monoisotopic (exact) mass is 323 g/mol. The minimum absolute atomic E-state index is 0.133. The topological polar surface area (TPSA) is 87.4 Å². The second-order valence-electron chi connectivity index (χ2n) is 5.26. The van der Waals surface area contributed by atoms with Crippen LogP contribution in [-0.2, 0) is 4.79 Å². The van der Waals surface area contributed by atoms with Crippen LogP contribution in [0.3, 0.4) is 0 Å². The van der Waals surface area contributed by atoms with Crippen LogP contribution in [-0.4, -0.2) is 24.0 Å². The van der Waals surface area contributed by atoms with Gasteiger partial charge in [0, 0.05) is 17.5 Å². The van der Waals surface area contributed by atoms with Crippen LogP contribution in [0.4, 0.5) is 0 Å². The average molecular weight is 323 g/mol. The molecule has 0 aliphatic heterocycles. The highest BCUT2D eigenvalue weighted by molar-refractivity contribution is 6.10. The van der Waals surface area contributed by atoms with E-state index in [1.54, 1.807) is 42.5 Å². The van der Waals surface area contributed by atoms with Crippen molar-refractivity contribution in [3.05, 3.63) is 65.2 Å². The third kappa shape index (κ3) is 3.99. The number of methoxy groups -OCH3 is 1. The molecule has 24 heavy (non-hydrogen) atoms. The van der Waals surface area contributed by atoms with E-state index < -0.39 is 11.9 Å². The summed E-state index contributed by atoms with van der Waals surface area (Å²) in [5, 5.41) is 18.3. The van der Waals surface area contributed by atoms with Gasteiger partial charge in [0.25, 0.3) is 0 Å².